The second-order valence-electron chi connectivity index (χ2n) is 5.09. The zero-order valence-electron chi connectivity index (χ0n) is 9.80. The second-order valence-corrected chi connectivity index (χ2v) is 5.09. The molecule has 0 radical (unpaired) electrons. The Morgan fingerprint density at radius 2 is 2.07 bits per heavy atom. The Bertz CT molecular complexity index is 192. The third-order valence-corrected chi connectivity index (χ3v) is 2.66. The number of ether oxygens (including phenoxy) is 2. The first kappa shape index (κ1) is 12.0. The lowest BCUT2D eigenvalue weighted by atomic mass is 9.84. The summed E-state index contributed by atoms with van der Waals surface area (Å²) >= 11 is 0. The maximum absolute atomic E-state index is 5.96. The first-order chi connectivity index (χ1) is 6.39. The van der Waals surface area contributed by atoms with Crippen LogP contribution in [0.2, 0.25) is 0 Å². The van der Waals surface area contributed by atoms with Gasteiger partial charge in [0.1, 0.15) is 0 Å². The van der Waals surface area contributed by atoms with Crippen LogP contribution < -0.4 is 5.73 Å². The summed E-state index contributed by atoms with van der Waals surface area (Å²) in [7, 11) is 0. The molecule has 1 saturated heterocycles. The van der Waals surface area contributed by atoms with Gasteiger partial charge in [0.15, 0.2) is 0 Å². The smallest absolute Gasteiger partial charge is 0.0856 e. The molecule has 14 heavy (non-hydrogen) atoms. The van der Waals surface area contributed by atoms with Crippen molar-refractivity contribution in [3.8, 4) is 0 Å². The largest absolute Gasteiger partial charge is 0.375 e. The summed E-state index contributed by atoms with van der Waals surface area (Å²) in [5, 5.41) is 0. The van der Waals surface area contributed by atoms with E-state index >= 15 is 0 Å². The Kier molecular flexibility index (Phi) is 3.56. The normalized spacial score (nSPS) is 32.1. The molecule has 3 heteroatoms. The Balaban J connectivity index is 2.68. The molecule has 1 aliphatic rings. The fourth-order valence-electron chi connectivity index (χ4n) is 2.25. The monoisotopic (exact) mass is 201 g/mol. The highest BCUT2D eigenvalue weighted by molar-refractivity contribution is 4.93. The van der Waals surface area contributed by atoms with Gasteiger partial charge in [-0.2, -0.15) is 0 Å². The van der Waals surface area contributed by atoms with Gasteiger partial charge in [-0.05, 0) is 27.7 Å². The van der Waals surface area contributed by atoms with Gasteiger partial charge in [0.2, 0.25) is 0 Å². The van der Waals surface area contributed by atoms with E-state index in [0.29, 0.717) is 6.54 Å². The lowest BCUT2D eigenvalue weighted by molar-refractivity contribution is -0.179. The van der Waals surface area contributed by atoms with Crippen LogP contribution in [0.5, 0.6) is 0 Å². The summed E-state index contributed by atoms with van der Waals surface area (Å²) in [6.45, 7) is 9.63. The quantitative estimate of drug-likeness (QED) is 0.756. The number of nitrogens with two attached hydrogens (primary N) is 1. The average molecular weight is 201 g/mol. The Morgan fingerprint density at radius 1 is 1.43 bits per heavy atom. The molecule has 1 rings (SSSR count). The van der Waals surface area contributed by atoms with Crippen molar-refractivity contribution in [2.45, 2.75) is 57.8 Å². The SMILES string of the molecule is CC(C)OC1(CN)CCOC(C)(C)C1. The van der Waals surface area contributed by atoms with Crippen LogP contribution in [0.15, 0.2) is 0 Å². The van der Waals surface area contributed by atoms with Crippen molar-refractivity contribution in [1.82, 2.24) is 0 Å². The third-order valence-electron chi connectivity index (χ3n) is 2.66. The summed E-state index contributed by atoms with van der Waals surface area (Å²) in [5.41, 5.74) is 5.55. The topological polar surface area (TPSA) is 44.5 Å². The zero-order valence-corrected chi connectivity index (χ0v) is 9.80. The van der Waals surface area contributed by atoms with Crippen molar-refractivity contribution in [2.24, 2.45) is 5.73 Å². The van der Waals surface area contributed by atoms with E-state index in [1.54, 1.807) is 0 Å². The van der Waals surface area contributed by atoms with Crippen molar-refractivity contribution in [3.63, 3.8) is 0 Å². The van der Waals surface area contributed by atoms with Crippen LogP contribution in [-0.4, -0.2) is 30.5 Å². The predicted octanol–water partition coefficient (Wildman–Crippen LogP) is 1.70. The van der Waals surface area contributed by atoms with Crippen molar-refractivity contribution in [2.75, 3.05) is 13.2 Å². The van der Waals surface area contributed by atoms with Crippen LogP contribution in [-0.2, 0) is 9.47 Å². The molecular weight excluding hydrogens is 178 g/mol. The molecule has 2 N–H and O–H groups in total. The van der Waals surface area contributed by atoms with E-state index < -0.39 is 0 Å². The van der Waals surface area contributed by atoms with Crippen molar-refractivity contribution in [1.29, 1.82) is 0 Å². The second kappa shape index (κ2) is 4.17. The van der Waals surface area contributed by atoms with Crippen LogP contribution in [0.25, 0.3) is 0 Å². The molecule has 0 aliphatic carbocycles. The van der Waals surface area contributed by atoms with E-state index in [2.05, 4.69) is 27.7 Å². The highest BCUT2D eigenvalue weighted by Crippen LogP contribution is 2.34. The Labute approximate surface area is 86.9 Å². The third kappa shape index (κ3) is 2.94. The first-order valence-corrected chi connectivity index (χ1v) is 5.41. The molecule has 1 aliphatic heterocycles. The molecule has 1 fully saturated rings. The van der Waals surface area contributed by atoms with Gasteiger partial charge in [0, 0.05) is 19.4 Å². The van der Waals surface area contributed by atoms with Crippen molar-refractivity contribution < 1.29 is 9.47 Å². The fourth-order valence-corrected chi connectivity index (χ4v) is 2.25. The maximum atomic E-state index is 5.96. The van der Waals surface area contributed by atoms with Crippen LogP contribution in [0.1, 0.15) is 40.5 Å². The molecule has 84 valence electrons. The van der Waals surface area contributed by atoms with E-state index in [0.717, 1.165) is 19.4 Å². The first-order valence-electron chi connectivity index (χ1n) is 5.41. The number of rotatable bonds is 3. The van der Waals surface area contributed by atoms with Crippen LogP contribution >= 0.6 is 0 Å². The van der Waals surface area contributed by atoms with E-state index in [-0.39, 0.29) is 17.3 Å². The zero-order chi connectivity index (χ0) is 10.8. The minimum absolute atomic E-state index is 0.105. The molecule has 1 heterocycles. The number of hydrogen-bond donors (Lipinski definition) is 1. The van der Waals surface area contributed by atoms with Crippen LogP contribution in [0, 0.1) is 0 Å². The van der Waals surface area contributed by atoms with Crippen molar-refractivity contribution >= 4 is 0 Å². The summed E-state index contributed by atoms with van der Waals surface area (Å²) < 4.78 is 11.6. The molecular formula is C11H23NO2. The number of hydrogen-bond acceptors (Lipinski definition) is 3. The Hall–Kier alpha value is -0.120. The summed E-state index contributed by atoms with van der Waals surface area (Å²) in [6, 6.07) is 0. The van der Waals surface area contributed by atoms with Crippen LogP contribution in [0.4, 0.5) is 0 Å². The lowest BCUT2D eigenvalue weighted by Gasteiger charge is -2.45. The van der Waals surface area contributed by atoms with Gasteiger partial charge in [-0.25, -0.2) is 0 Å². The molecule has 0 aromatic rings. The van der Waals surface area contributed by atoms with Crippen molar-refractivity contribution in [3.05, 3.63) is 0 Å². The van der Waals surface area contributed by atoms with Gasteiger partial charge < -0.3 is 15.2 Å². The highest BCUT2D eigenvalue weighted by Gasteiger charge is 2.41. The van der Waals surface area contributed by atoms with Crippen LogP contribution in [0.3, 0.4) is 0 Å². The molecule has 0 aromatic carbocycles. The molecule has 3 nitrogen and oxygen atoms in total. The van der Waals surface area contributed by atoms with Gasteiger partial charge in [-0.15, -0.1) is 0 Å². The van der Waals surface area contributed by atoms with E-state index in [1.807, 2.05) is 0 Å². The molecule has 0 saturated carbocycles. The Morgan fingerprint density at radius 3 is 2.50 bits per heavy atom. The average Bonchev–Trinajstić information content (AvgIpc) is 2.01. The summed E-state index contributed by atoms with van der Waals surface area (Å²) in [6.07, 6.45) is 2.02. The molecule has 0 amide bonds. The highest BCUT2D eigenvalue weighted by atomic mass is 16.5. The van der Waals surface area contributed by atoms with Gasteiger partial charge in [0.05, 0.1) is 23.9 Å². The standard InChI is InChI=1S/C11H23NO2/c1-9(2)14-11(8-12)5-6-13-10(3,4)7-11/h9H,5-8,12H2,1-4H3. The lowest BCUT2D eigenvalue weighted by Crippen LogP contribution is -2.52. The van der Waals surface area contributed by atoms with Gasteiger partial charge >= 0.3 is 0 Å². The van der Waals surface area contributed by atoms with E-state index in [9.17, 15) is 0 Å². The predicted molar refractivity (Wildman–Crippen MR) is 57.3 cm³/mol. The van der Waals surface area contributed by atoms with E-state index in [4.69, 9.17) is 15.2 Å². The van der Waals surface area contributed by atoms with Gasteiger partial charge in [-0.1, -0.05) is 0 Å². The molecule has 0 spiro atoms. The minimum Gasteiger partial charge on any atom is -0.375 e. The van der Waals surface area contributed by atoms with E-state index in [1.165, 1.54) is 0 Å². The fraction of sp³-hybridized carbons (Fsp3) is 1.00. The maximum Gasteiger partial charge on any atom is 0.0856 e. The minimum atomic E-state index is -0.171. The van der Waals surface area contributed by atoms with Gasteiger partial charge in [0.25, 0.3) is 0 Å². The summed E-state index contributed by atoms with van der Waals surface area (Å²) in [5.74, 6) is 0. The molecule has 0 aromatic heterocycles. The molecule has 1 atom stereocenters. The molecule has 1 unspecified atom stereocenters. The molecule has 0 bridgehead atoms. The summed E-state index contributed by atoms with van der Waals surface area (Å²) in [4.78, 5) is 0. The van der Waals surface area contributed by atoms with Gasteiger partial charge in [-0.3, -0.25) is 0 Å².